The molecule has 0 spiro atoms. The third kappa shape index (κ3) is 5.74. The fourth-order valence-electron chi connectivity index (χ4n) is 2.93. The Balaban J connectivity index is 1.33. The molecule has 0 aliphatic carbocycles. The van der Waals surface area contributed by atoms with Gasteiger partial charge in [0.15, 0.2) is 0 Å². The SMILES string of the molecule is O=C(CCCOc1ccc(Cl)cc1Cl)NNC(=O)CCN1C(=O)c2ccccc2C1=O. The number of fused-ring (bicyclic) bond motifs is 1. The van der Waals surface area contributed by atoms with Crippen LogP contribution in [0.5, 0.6) is 5.75 Å². The first kappa shape index (κ1) is 22.6. The van der Waals surface area contributed by atoms with Crippen molar-refractivity contribution in [3.8, 4) is 5.75 Å². The number of nitrogens with one attached hydrogen (secondary N) is 2. The highest BCUT2D eigenvalue weighted by Gasteiger charge is 2.34. The zero-order valence-electron chi connectivity index (χ0n) is 16.3. The minimum Gasteiger partial charge on any atom is -0.492 e. The summed E-state index contributed by atoms with van der Waals surface area (Å²) in [4.78, 5) is 49.3. The zero-order valence-corrected chi connectivity index (χ0v) is 17.8. The predicted molar refractivity (Wildman–Crippen MR) is 114 cm³/mol. The number of amides is 4. The summed E-state index contributed by atoms with van der Waals surface area (Å²) in [5.41, 5.74) is 5.20. The Kier molecular flexibility index (Phi) is 7.49. The normalized spacial score (nSPS) is 12.5. The van der Waals surface area contributed by atoms with Crippen molar-refractivity contribution in [2.24, 2.45) is 0 Å². The van der Waals surface area contributed by atoms with Gasteiger partial charge < -0.3 is 4.74 Å². The molecule has 0 saturated heterocycles. The van der Waals surface area contributed by atoms with Crippen molar-refractivity contribution in [1.82, 2.24) is 15.8 Å². The highest BCUT2D eigenvalue weighted by atomic mass is 35.5. The lowest BCUT2D eigenvalue weighted by atomic mass is 10.1. The van der Waals surface area contributed by atoms with Crippen LogP contribution in [0.1, 0.15) is 40.0 Å². The van der Waals surface area contributed by atoms with E-state index in [9.17, 15) is 19.2 Å². The van der Waals surface area contributed by atoms with Crippen LogP contribution in [-0.2, 0) is 9.59 Å². The van der Waals surface area contributed by atoms with Gasteiger partial charge in [-0.3, -0.25) is 34.9 Å². The maximum absolute atomic E-state index is 12.2. The molecular formula is C21H19Cl2N3O5. The monoisotopic (exact) mass is 463 g/mol. The van der Waals surface area contributed by atoms with Crippen LogP contribution in [0.4, 0.5) is 0 Å². The van der Waals surface area contributed by atoms with E-state index in [1.165, 1.54) is 0 Å². The summed E-state index contributed by atoms with van der Waals surface area (Å²) in [6, 6.07) is 11.3. The van der Waals surface area contributed by atoms with Crippen molar-refractivity contribution in [2.75, 3.05) is 13.2 Å². The molecule has 0 saturated carbocycles. The number of imide groups is 1. The molecule has 2 aromatic rings. The van der Waals surface area contributed by atoms with E-state index in [1.807, 2.05) is 0 Å². The van der Waals surface area contributed by atoms with Gasteiger partial charge in [-0.1, -0.05) is 35.3 Å². The van der Waals surface area contributed by atoms with Crippen molar-refractivity contribution >= 4 is 46.8 Å². The lowest BCUT2D eigenvalue weighted by Gasteiger charge is -2.14. The van der Waals surface area contributed by atoms with Gasteiger partial charge in [0.05, 0.1) is 22.8 Å². The molecule has 0 fully saturated rings. The van der Waals surface area contributed by atoms with Crippen LogP contribution in [0.3, 0.4) is 0 Å². The maximum atomic E-state index is 12.2. The summed E-state index contributed by atoms with van der Waals surface area (Å²) in [6.07, 6.45) is 0.378. The van der Waals surface area contributed by atoms with E-state index >= 15 is 0 Å². The average Bonchev–Trinajstić information content (AvgIpc) is 2.99. The molecule has 10 heteroatoms. The Morgan fingerprint density at radius 1 is 0.903 bits per heavy atom. The fraction of sp³-hybridized carbons (Fsp3) is 0.238. The molecule has 3 rings (SSSR count). The minimum absolute atomic E-state index is 0.0796. The Bertz CT molecular complexity index is 993. The van der Waals surface area contributed by atoms with Gasteiger partial charge in [-0.15, -0.1) is 0 Å². The van der Waals surface area contributed by atoms with E-state index in [-0.39, 0.29) is 26.0 Å². The molecule has 31 heavy (non-hydrogen) atoms. The molecule has 1 aliphatic rings. The number of carbonyl (C=O) groups is 4. The third-order valence-electron chi connectivity index (χ3n) is 4.48. The molecule has 4 amide bonds. The Hall–Kier alpha value is -3.10. The number of hydrogen-bond donors (Lipinski definition) is 2. The van der Waals surface area contributed by atoms with Gasteiger partial charge in [0.1, 0.15) is 5.75 Å². The largest absolute Gasteiger partial charge is 0.492 e. The molecule has 8 nitrogen and oxygen atoms in total. The van der Waals surface area contributed by atoms with Crippen molar-refractivity contribution in [3.05, 3.63) is 63.6 Å². The molecule has 162 valence electrons. The van der Waals surface area contributed by atoms with E-state index in [4.69, 9.17) is 27.9 Å². The van der Waals surface area contributed by atoms with Crippen LogP contribution in [0.15, 0.2) is 42.5 Å². The summed E-state index contributed by atoms with van der Waals surface area (Å²) < 4.78 is 5.48. The molecule has 2 N–H and O–H groups in total. The van der Waals surface area contributed by atoms with Gasteiger partial charge in [0.25, 0.3) is 11.8 Å². The van der Waals surface area contributed by atoms with E-state index in [2.05, 4.69) is 10.9 Å². The van der Waals surface area contributed by atoms with E-state index in [0.29, 0.717) is 33.3 Å². The van der Waals surface area contributed by atoms with Crippen molar-refractivity contribution in [2.45, 2.75) is 19.3 Å². The Morgan fingerprint density at radius 3 is 2.13 bits per heavy atom. The average molecular weight is 464 g/mol. The number of carbonyl (C=O) groups excluding carboxylic acids is 4. The minimum atomic E-state index is -0.519. The molecule has 0 atom stereocenters. The van der Waals surface area contributed by atoms with Crippen LogP contribution in [0.2, 0.25) is 10.0 Å². The summed E-state index contributed by atoms with van der Waals surface area (Å²) in [7, 11) is 0. The summed E-state index contributed by atoms with van der Waals surface area (Å²) in [5, 5.41) is 0.873. The maximum Gasteiger partial charge on any atom is 0.261 e. The summed E-state index contributed by atoms with van der Waals surface area (Å²) in [6.45, 7) is 0.173. The number of hydrazine groups is 1. The van der Waals surface area contributed by atoms with Crippen LogP contribution in [0.25, 0.3) is 0 Å². The van der Waals surface area contributed by atoms with Crippen molar-refractivity contribution in [1.29, 1.82) is 0 Å². The van der Waals surface area contributed by atoms with Gasteiger partial charge in [0, 0.05) is 24.4 Å². The molecular weight excluding hydrogens is 445 g/mol. The Morgan fingerprint density at radius 2 is 1.52 bits per heavy atom. The first-order valence-corrected chi connectivity index (χ1v) is 10.2. The number of halogens is 2. The first-order chi connectivity index (χ1) is 14.9. The van der Waals surface area contributed by atoms with Gasteiger partial charge in [-0.25, -0.2) is 0 Å². The molecule has 1 heterocycles. The molecule has 1 aliphatic heterocycles. The Labute approximate surface area is 188 Å². The first-order valence-electron chi connectivity index (χ1n) is 9.47. The number of ether oxygens (including phenoxy) is 1. The highest BCUT2D eigenvalue weighted by molar-refractivity contribution is 6.35. The van der Waals surface area contributed by atoms with Crippen LogP contribution >= 0.6 is 23.2 Å². The molecule has 2 aromatic carbocycles. The number of benzene rings is 2. The van der Waals surface area contributed by atoms with Gasteiger partial charge in [0.2, 0.25) is 11.8 Å². The van der Waals surface area contributed by atoms with Crippen molar-refractivity contribution < 1.29 is 23.9 Å². The summed E-state index contributed by atoms with van der Waals surface area (Å²) >= 11 is 11.8. The topological polar surface area (TPSA) is 105 Å². The highest BCUT2D eigenvalue weighted by Crippen LogP contribution is 2.27. The zero-order chi connectivity index (χ0) is 22.4. The molecule has 0 unspecified atom stereocenters. The molecule has 0 aromatic heterocycles. The molecule has 0 radical (unpaired) electrons. The second kappa shape index (κ2) is 10.3. The second-order valence-electron chi connectivity index (χ2n) is 6.68. The standard InChI is InChI=1S/C21H19Cl2N3O5/c22-13-7-8-17(16(23)12-13)31-11-3-6-18(27)24-25-19(28)9-10-26-20(29)14-4-1-2-5-15(14)21(26)30/h1-2,4-5,7-8,12H,3,6,9-11H2,(H,24,27)(H,25,28). The van der Waals surface area contributed by atoms with Crippen LogP contribution in [-0.4, -0.2) is 41.7 Å². The van der Waals surface area contributed by atoms with Crippen LogP contribution < -0.4 is 15.6 Å². The van der Waals surface area contributed by atoms with Gasteiger partial charge in [-0.05, 0) is 36.8 Å². The van der Waals surface area contributed by atoms with Gasteiger partial charge >= 0.3 is 0 Å². The fourth-order valence-corrected chi connectivity index (χ4v) is 3.39. The van der Waals surface area contributed by atoms with E-state index in [0.717, 1.165) is 4.90 Å². The van der Waals surface area contributed by atoms with Gasteiger partial charge in [-0.2, -0.15) is 0 Å². The third-order valence-corrected chi connectivity index (χ3v) is 5.01. The second-order valence-corrected chi connectivity index (χ2v) is 7.52. The number of nitrogens with zero attached hydrogens (tertiary/aromatic N) is 1. The quantitative estimate of drug-likeness (QED) is 0.355. The van der Waals surface area contributed by atoms with Crippen molar-refractivity contribution in [3.63, 3.8) is 0 Å². The van der Waals surface area contributed by atoms with E-state index < -0.39 is 23.6 Å². The lowest BCUT2D eigenvalue weighted by molar-refractivity contribution is -0.129. The lowest BCUT2D eigenvalue weighted by Crippen LogP contribution is -2.43. The molecule has 0 bridgehead atoms. The van der Waals surface area contributed by atoms with Crippen LogP contribution in [0, 0.1) is 0 Å². The van der Waals surface area contributed by atoms with E-state index in [1.54, 1.807) is 42.5 Å². The number of rotatable bonds is 8. The number of hydrogen-bond acceptors (Lipinski definition) is 5. The predicted octanol–water partition coefficient (Wildman–Crippen LogP) is 2.99. The smallest absolute Gasteiger partial charge is 0.261 e. The summed E-state index contributed by atoms with van der Waals surface area (Å²) in [5.74, 6) is -1.32.